The van der Waals surface area contributed by atoms with Crippen molar-refractivity contribution in [3.05, 3.63) is 0 Å². The van der Waals surface area contributed by atoms with Gasteiger partial charge < -0.3 is 15.2 Å². The second-order valence-corrected chi connectivity index (χ2v) is 4.60. The summed E-state index contributed by atoms with van der Waals surface area (Å²) in [4.78, 5) is 22.2. The van der Waals surface area contributed by atoms with Crippen molar-refractivity contribution in [3.8, 4) is 0 Å². The Morgan fingerprint density at radius 1 is 1.40 bits per heavy atom. The van der Waals surface area contributed by atoms with Crippen molar-refractivity contribution in [2.75, 3.05) is 6.61 Å². The van der Waals surface area contributed by atoms with E-state index in [1.807, 2.05) is 13.8 Å². The first-order chi connectivity index (χ1) is 6.77. The molecule has 1 unspecified atom stereocenters. The van der Waals surface area contributed by atoms with Gasteiger partial charge in [0, 0.05) is 19.8 Å². The molecule has 1 saturated heterocycles. The SMILES string of the molecule is CC(=O)NC1(C(=O)O)CCOC(C)(C)C1. The average Bonchev–Trinajstić information content (AvgIpc) is 1.99. The molecule has 5 nitrogen and oxygen atoms in total. The molecule has 5 heteroatoms. The lowest BCUT2D eigenvalue weighted by Crippen LogP contribution is -2.60. The van der Waals surface area contributed by atoms with Crippen molar-refractivity contribution in [1.29, 1.82) is 0 Å². The minimum absolute atomic E-state index is 0.287. The smallest absolute Gasteiger partial charge is 0.329 e. The third kappa shape index (κ3) is 2.68. The summed E-state index contributed by atoms with van der Waals surface area (Å²) in [7, 11) is 0. The van der Waals surface area contributed by atoms with Crippen LogP contribution in [-0.4, -0.2) is 34.7 Å². The maximum Gasteiger partial charge on any atom is 0.329 e. The van der Waals surface area contributed by atoms with Gasteiger partial charge in [-0.3, -0.25) is 4.79 Å². The van der Waals surface area contributed by atoms with Crippen molar-refractivity contribution < 1.29 is 19.4 Å². The number of hydrogen-bond acceptors (Lipinski definition) is 3. The maximum absolute atomic E-state index is 11.2. The van der Waals surface area contributed by atoms with Gasteiger partial charge in [-0.25, -0.2) is 4.79 Å². The van der Waals surface area contributed by atoms with E-state index in [1.165, 1.54) is 6.92 Å². The van der Waals surface area contributed by atoms with E-state index in [2.05, 4.69) is 5.32 Å². The van der Waals surface area contributed by atoms with E-state index < -0.39 is 17.1 Å². The van der Waals surface area contributed by atoms with Gasteiger partial charge in [-0.1, -0.05) is 0 Å². The van der Waals surface area contributed by atoms with E-state index in [-0.39, 0.29) is 12.3 Å². The Morgan fingerprint density at radius 2 is 2.00 bits per heavy atom. The fourth-order valence-electron chi connectivity index (χ4n) is 2.05. The maximum atomic E-state index is 11.2. The normalized spacial score (nSPS) is 29.5. The fraction of sp³-hybridized carbons (Fsp3) is 0.800. The molecule has 0 aromatic heterocycles. The monoisotopic (exact) mass is 215 g/mol. The van der Waals surface area contributed by atoms with E-state index in [4.69, 9.17) is 4.74 Å². The largest absolute Gasteiger partial charge is 0.480 e. The van der Waals surface area contributed by atoms with Gasteiger partial charge in [0.15, 0.2) is 0 Å². The third-order valence-electron chi connectivity index (χ3n) is 2.57. The van der Waals surface area contributed by atoms with Crippen LogP contribution < -0.4 is 5.32 Å². The van der Waals surface area contributed by atoms with Crippen LogP contribution in [0.3, 0.4) is 0 Å². The highest BCUT2D eigenvalue weighted by atomic mass is 16.5. The Bertz CT molecular complexity index is 287. The molecular weight excluding hydrogens is 198 g/mol. The lowest BCUT2D eigenvalue weighted by molar-refractivity contribution is -0.160. The number of carboxylic acid groups (broad SMARTS) is 1. The molecule has 86 valence electrons. The summed E-state index contributed by atoms with van der Waals surface area (Å²) < 4.78 is 5.44. The minimum Gasteiger partial charge on any atom is -0.480 e. The first-order valence-electron chi connectivity index (χ1n) is 4.94. The third-order valence-corrected chi connectivity index (χ3v) is 2.57. The number of hydrogen-bond donors (Lipinski definition) is 2. The topological polar surface area (TPSA) is 75.6 Å². The summed E-state index contributed by atoms with van der Waals surface area (Å²) in [5, 5.41) is 11.7. The molecule has 0 aromatic carbocycles. The summed E-state index contributed by atoms with van der Waals surface area (Å²) in [5.41, 5.74) is -1.69. The van der Waals surface area contributed by atoms with Gasteiger partial charge in [-0.15, -0.1) is 0 Å². The first-order valence-corrected chi connectivity index (χ1v) is 4.94. The van der Waals surface area contributed by atoms with Crippen LogP contribution in [0.1, 0.15) is 33.6 Å². The van der Waals surface area contributed by atoms with Gasteiger partial charge in [-0.2, -0.15) is 0 Å². The predicted octanol–water partition coefficient (Wildman–Crippen LogP) is 0.535. The van der Waals surface area contributed by atoms with Crippen molar-refractivity contribution in [2.45, 2.75) is 44.8 Å². The molecule has 1 aliphatic rings. The molecular formula is C10H17NO4. The second kappa shape index (κ2) is 3.81. The van der Waals surface area contributed by atoms with E-state index in [1.54, 1.807) is 0 Å². The molecule has 1 rings (SSSR count). The standard InChI is InChI=1S/C10H17NO4/c1-7(12)11-10(8(13)14)4-5-15-9(2,3)6-10/h4-6H2,1-3H3,(H,11,12)(H,13,14). The minimum atomic E-state index is -1.17. The van der Waals surface area contributed by atoms with Gasteiger partial charge in [0.25, 0.3) is 0 Å². The molecule has 1 amide bonds. The molecule has 2 N–H and O–H groups in total. The number of ether oxygens (including phenoxy) is 1. The van der Waals surface area contributed by atoms with Crippen LogP contribution in [0.25, 0.3) is 0 Å². The molecule has 1 aliphatic heterocycles. The van der Waals surface area contributed by atoms with Gasteiger partial charge in [0.05, 0.1) is 12.2 Å². The molecule has 0 spiro atoms. The summed E-state index contributed by atoms with van der Waals surface area (Å²) in [5.74, 6) is -1.32. The van der Waals surface area contributed by atoms with Gasteiger partial charge >= 0.3 is 5.97 Å². The van der Waals surface area contributed by atoms with Crippen LogP contribution in [0.5, 0.6) is 0 Å². The summed E-state index contributed by atoms with van der Waals surface area (Å²) in [6.07, 6.45) is 0.597. The lowest BCUT2D eigenvalue weighted by atomic mass is 9.81. The molecule has 0 aromatic rings. The highest BCUT2D eigenvalue weighted by Crippen LogP contribution is 2.32. The number of aliphatic carboxylic acids is 1. The predicted molar refractivity (Wildman–Crippen MR) is 53.4 cm³/mol. The van der Waals surface area contributed by atoms with E-state index in [9.17, 15) is 14.7 Å². The Balaban J connectivity index is 2.90. The first kappa shape index (κ1) is 12.0. The number of amides is 1. The summed E-state index contributed by atoms with van der Waals surface area (Å²) in [6.45, 7) is 5.32. The molecule has 0 aliphatic carbocycles. The quantitative estimate of drug-likeness (QED) is 0.704. The van der Waals surface area contributed by atoms with Crippen LogP contribution >= 0.6 is 0 Å². The molecule has 0 saturated carbocycles. The van der Waals surface area contributed by atoms with E-state index >= 15 is 0 Å². The highest BCUT2D eigenvalue weighted by Gasteiger charge is 2.47. The zero-order chi connectivity index (χ0) is 11.7. The Kier molecular flexibility index (Phi) is 3.04. The zero-order valence-electron chi connectivity index (χ0n) is 9.29. The van der Waals surface area contributed by atoms with Gasteiger partial charge in [0.1, 0.15) is 5.54 Å². The lowest BCUT2D eigenvalue weighted by Gasteiger charge is -2.42. The fourth-order valence-corrected chi connectivity index (χ4v) is 2.05. The number of carbonyl (C=O) groups excluding carboxylic acids is 1. The molecule has 15 heavy (non-hydrogen) atoms. The van der Waals surface area contributed by atoms with Crippen molar-refractivity contribution in [1.82, 2.24) is 5.32 Å². The Hall–Kier alpha value is -1.10. The van der Waals surface area contributed by atoms with Crippen molar-refractivity contribution in [2.24, 2.45) is 0 Å². The molecule has 1 heterocycles. The number of nitrogens with one attached hydrogen (secondary N) is 1. The van der Waals surface area contributed by atoms with Crippen molar-refractivity contribution in [3.63, 3.8) is 0 Å². The number of rotatable bonds is 2. The number of carbonyl (C=O) groups is 2. The molecule has 0 radical (unpaired) electrons. The summed E-state index contributed by atoms with van der Waals surface area (Å²) in [6, 6.07) is 0. The van der Waals surface area contributed by atoms with Crippen LogP contribution in [0, 0.1) is 0 Å². The molecule has 1 fully saturated rings. The Labute approximate surface area is 88.8 Å². The van der Waals surface area contributed by atoms with E-state index in [0.717, 1.165) is 0 Å². The van der Waals surface area contributed by atoms with E-state index in [0.29, 0.717) is 13.0 Å². The molecule has 0 bridgehead atoms. The van der Waals surface area contributed by atoms with Crippen molar-refractivity contribution >= 4 is 11.9 Å². The summed E-state index contributed by atoms with van der Waals surface area (Å²) >= 11 is 0. The van der Waals surface area contributed by atoms with Crippen LogP contribution in [0.2, 0.25) is 0 Å². The second-order valence-electron chi connectivity index (χ2n) is 4.60. The van der Waals surface area contributed by atoms with Crippen LogP contribution in [0.4, 0.5) is 0 Å². The van der Waals surface area contributed by atoms with Gasteiger partial charge in [0.2, 0.25) is 5.91 Å². The zero-order valence-corrected chi connectivity index (χ0v) is 9.29. The Morgan fingerprint density at radius 3 is 2.40 bits per heavy atom. The highest BCUT2D eigenvalue weighted by molar-refractivity contribution is 5.86. The van der Waals surface area contributed by atoms with Crippen LogP contribution in [-0.2, 0) is 14.3 Å². The average molecular weight is 215 g/mol. The molecule has 1 atom stereocenters. The number of carboxylic acids is 1. The van der Waals surface area contributed by atoms with Crippen LogP contribution in [0.15, 0.2) is 0 Å². The van der Waals surface area contributed by atoms with Gasteiger partial charge in [-0.05, 0) is 13.8 Å².